The summed E-state index contributed by atoms with van der Waals surface area (Å²) >= 11 is 1.37. The van der Waals surface area contributed by atoms with Gasteiger partial charge in [0.05, 0.1) is 10.6 Å². The maximum atomic E-state index is 12.0. The van der Waals surface area contributed by atoms with Crippen molar-refractivity contribution in [1.82, 2.24) is 5.32 Å². The van der Waals surface area contributed by atoms with E-state index in [0.29, 0.717) is 10.1 Å². The molecule has 1 heterocycles. The van der Waals surface area contributed by atoms with E-state index in [4.69, 9.17) is 0 Å². The second kappa shape index (κ2) is 6.62. The fraction of sp³-hybridized carbons (Fsp3) is 0.111. The van der Waals surface area contributed by atoms with Crippen molar-refractivity contribution in [2.45, 2.75) is 13.3 Å². The number of aliphatic imine (C=N–C) groups is 1. The molecule has 0 spiro atoms. The van der Waals surface area contributed by atoms with Gasteiger partial charge in [0.2, 0.25) is 0 Å². The fourth-order valence-electron chi connectivity index (χ4n) is 2.10. The third-order valence-corrected chi connectivity index (χ3v) is 4.23. The number of aryl methyl sites for hydroxylation is 1. The normalized spacial score (nSPS) is 18.0. The van der Waals surface area contributed by atoms with E-state index in [1.807, 2.05) is 48.5 Å². The molecule has 110 valence electrons. The Labute approximate surface area is 134 Å². The Bertz CT molecular complexity index is 733. The lowest BCUT2D eigenvalue weighted by molar-refractivity contribution is -0.115. The number of nitrogens with one attached hydrogen (secondary N) is 1. The van der Waals surface area contributed by atoms with Crippen LogP contribution in [-0.4, -0.2) is 11.1 Å². The Kier molecular flexibility index (Phi) is 4.39. The van der Waals surface area contributed by atoms with Gasteiger partial charge in [0, 0.05) is 0 Å². The number of carbonyl (C=O) groups excluding carboxylic acids is 1. The summed E-state index contributed by atoms with van der Waals surface area (Å²) in [5.41, 5.74) is 3.13. The average Bonchev–Trinajstić information content (AvgIpc) is 2.88. The van der Waals surface area contributed by atoms with E-state index in [-0.39, 0.29) is 5.91 Å². The van der Waals surface area contributed by atoms with Crippen molar-refractivity contribution in [3.63, 3.8) is 0 Å². The minimum atomic E-state index is -0.0993. The van der Waals surface area contributed by atoms with E-state index < -0.39 is 0 Å². The van der Waals surface area contributed by atoms with Gasteiger partial charge >= 0.3 is 0 Å². The van der Waals surface area contributed by atoms with E-state index >= 15 is 0 Å². The summed E-state index contributed by atoms with van der Waals surface area (Å²) < 4.78 is 0. The molecule has 0 saturated carbocycles. The Hall–Kier alpha value is -2.33. The molecule has 1 saturated heterocycles. The molecule has 3 rings (SSSR count). The molecule has 1 fully saturated rings. The van der Waals surface area contributed by atoms with Crippen LogP contribution in [0.5, 0.6) is 0 Å². The molecular formula is C18H16N2OS. The molecule has 4 heteroatoms. The highest BCUT2D eigenvalue weighted by Gasteiger charge is 2.23. The van der Waals surface area contributed by atoms with Crippen LogP contribution < -0.4 is 5.32 Å². The molecule has 2 aromatic carbocycles. The van der Waals surface area contributed by atoms with Crippen LogP contribution in [0, 0.1) is 0 Å². The molecule has 1 amide bonds. The fourth-order valence-corrected chi connectivity index (χ4v) is 2.95. The molecule has 0 atom stereocenters. The van der Waals surface area contributed by atoms with Crippen LogP contribution in [-0.2, 0) is 11.2 Å². The first-order valence-electron chi connectivity index (χ1n) is 7.18. The number of amides is 1. The molecule has 1 aliphatic rings. The molecule has 0 aromatic heterocycles. The predicted molar refractivity (Wildman–Crippen MR) is 93.1 cm³/mol. The van der Waals surface area contributed by atoms with Gasteiger partial charge in [-0.2, -0.15) is 0 Å². The maximum Gasteiger partial charge on any atom is 0.264 e. The molecule has 0 aliphatic carbocycles. The first-order chi connectivity index (χ1) is 10.7. The molecule has 1 aliphatic heterocycles. The van der Waals surface area contributed by atoms with Crippen molar-refractivity contribution < 1.29 is 4.79 Å². The second-order valence-corrected chi connectivity index (χ2v) is 5.94. The van der Waals surface area contributed by atoms with Crippen LogP contribution in [0.2, 0.25) is 0 Å². The summed E-state index contributed by atoms with van der Waals surface area (Å²) in [5, 5.41) is 3.43. The smallest absolute Gasteiger partial charge is 0.264 e. The number of thioether (sulfide) groups is 1. The van der Waals surface area contributed by atoms with Crippen molar-refractivity contribution in [1.29, 1.82) is 0 Å². The summed E-state index contributed by atoms with van der Waals surface area (Å²) in [5.74, 6) is -0.0993. The number of rotatable bonds is 3. The second-order valence-electron chi connectivity index (χ2n) is 4.91. The standard InChI is InChI=1S/C18H16N2OS/c1-2-13-8-10-15(11-9-13)19-18-20-17(21)16(22-18)12-14-6-4-3-5-7-14/h3-12H,2H2,1H3,(H,19,20,21). The Balaban J connectivity index is 1.79. The van der Waals surface area contributed by atoms with E-state index in [9.17, 15) is 4.79 Å². The van der Waals surface area contributed by atoms with E-state index in [1.165, 1.54) is 17.3 Å². The lowest BCUT2D eigenvalue weighted by Gasteiger charge is -1.98. The van der Waals surface area contributed by atoms with Crippen molar-refractivity contribution >= 4 is 34.6 Å². The summed E-state index contributed by atoms with van der Waals surface area (Å²) in [6, 6.07) is 17.9. The van der Waals surface area contributed by atoms with Gasteiger partial charge in [0.15, 0.2) is 5.17 Å². The van der Waals surface area contributed by atoms with Crippen molar-refractivity contribution in [2.24, 2.45) is 4.99 Å². The predicted octanol–water partition coefficient (Wildman–Crippen LogP) is 4.14. The monoisotopic (exact) mass is 308 g/mol. The third kappa shape index (κ3) is 3.46. The Morgan fingerprint density at radius 1 is 1.09 bits per heavy atom. The van der Waals surface area contributed by atoms with Gasteiger partial charge in [-0.3, -0.25) is 4.79 Å². The van der Waals surface area contributed by atoms with E-state index in [1.54, 1.807) is 0 Å². The number of nitrogens with zero attached hydrogens (tertiary/aromatic N) is 1. The summed E-state index contributed by atoms with van der Waals surface area (Å²) in [4.78, 5) is 17.1. The maximum absolute atomic E-state index is 12.0. The van der Waals surface area contributed by atoms with Crippen LogP contribution in [0.15, 0.2) is 64.5 Å². The zero-order chi connectivity index (χ0) is 15.4. The number of hydrogen-bond donors (Lipinski definition) is 1. The highest BCUT2D eigenvalue weighted by Crippen LogP contribution is 2.28. The molecule has 3 nitrogen and oxygen atoms in total. The molecule has 22 heavy (non-hydrogen) atoms. The number of carbonyl (C=O) groups is 1. The minimum Gasteiger partial charge on any atom is -0.300 e. The molecule has 0 radical (unpaired) electrons. The van der Waals surface area contributed by atoms with Crippen LogP contribution in [0.1, 0.15) is 18.1 Å². The summed E-state index contributed by atoms with van der Waals surface area (Å²) in [6.45, 7) is 2.12. The molecule has 0 bridgehead atoms. The van der Waals surface area contributed by atoms with Gasteiger partial charge in [0.25, 0.3) is 5.91 Å². The largest absolute Gasteiger partial charge is 0.300 e. The third-order valence-electron chi connectivity index (χ3n) is 3.32. The quantitative estimate of drug-likeness (QED) is 0.866. The Morgan fingerprint density at radius 2 is 1.82 bits per heavy atom. The summed E-state index contributed by atoms with van der Waals surface area (Å²) in [6.07, 6.45) is 2.88. The highest BCUT2D eigenvalue weighted by molar-refractivity contribution is 8.18. The van der Waals surface area contributed by atoms with Gasteiger partial charge in [-0.25, -0.2) is 4.99 Å². The van der Waals surface area contributed by atoms with Crippen LogP contribution in [0.3, 0.4) is 0 Å². The zero-order valence-corrected chi connectivity index (χ0v) is 13.1. The summed E-state index contributed by atoms with van der Waals surface area (Å²) in [7, 11) is 0. The topological polar surface area (TPSA) is 41.5 Å². The van der Waals surface area contributed by atoms with Crippen LogP contribution in [0.25, 0.3) is 6.08 Å². The van der Waals surface area contributed by atoms with E-state index in [0.717, 1.165) is 17.7 Å². The SMILES string of the molecule is CCc1ccc(N=C2NC(=O)C(=Cc3ccccc3)S2)cc1. The van der Waals surface area contributed by atoms with Crippen LogP contribution in [0.4, 0.5) is 5.69 Å². The molecular weight excluding hydrogens is 292 g/mol. The first kappa shape index (κ1) is 14.6. The first-order valence-corrected chi connectivity index (χ1v) is 8.00. The molecule has 1 N–H and O–H groups in total. The molecule has 0 unspecified atom stereocenters. The number of amidine groups is 1. The van der Waals surface area contributed by atoms with Gasteiger partial charge in [-0.15, -0.1) is 0 Å². The number of hydrogen-bond acceptors (Lipinski definition) is 3. The van der Waals surface area contributed by atoms with Gasteiger partial charge in [0.1, 0.15) is 0 Å². The van der Waals surface area contributed by atoms with Crippen molar-refractivity contribution in [2.75, 3.05) is 0 Å². The zero-order valence-electron chi connectivity index (χ0n) is 12.2. The van der Waals surface area contributed by atoms with Crippen molar-refractivity contribution in [3.05, 3.63) is 70.6 Å². The average molecular weight is 308 g/mol. The lowest BCUT2D eigenvalue weighted by Crippen LogP contribution is -2.19. The van der Waals surface area contributed by atoms with Crippen LogP contribution >= 0.6 is 11.8 Å². The van der Waals surface area contributed by atoms with Crippen molar-refractivity contribution in [3.8, 4) is 0 Å². The minimum absolute atomic E-state index is 0.0993. The van der Waals surface area contributed by atoms with Gasteiger partial charge in [-0.1, -0.05) is 49.4 Å². The van der Waals surface area contributed by atoms with Gasteiger partial charge in [-0.05, 0) is 47.5 Å². The van der Waals surface area contributed by atoms with E-state index in [2.05, 4.69) is 29.4 Å². The Morgan fingerprint density at radius 3 is 2.50 bits per heavy atom. The molecule has 2 aromatic rings. The number of benzene rings is 2. The highest BCUT2D eigenvalue weighted by atomic mass is 32.2. The van der Waals surface area contributed by atoms with Gasteiger partial charge < -0.3 is 5.32 Å². The lowest BCUT2D eigenvalue weighted by atomic mass is 10.2.